The van der Waals surface area contributed by atoms with Gasteiger partial charge < -0.3 is 5.32 Å². The summed E-state index contributed by atoms with van der Waals surface area (Å²) in [5, 5.41) is 4.97. The van der Waals surface area contributed by atoms with Crippen LogP contribution in [0.5, 0.6) is 0 Å². The van der Waals surface area contributed by atoms with Crippen molar-refractivity contribution < 1.29 is 4.79 Å². The van der Waals surface area contributed by atoms with Crippen LogP contribution >= 0.6 is 23.5 Å². The van der Waals surface area contributed by atoms with Crippen molar-refractivity contribution in [2.24, 2.45) is 0 Å². The molecule has 0 atom stereocenters. The molecule has 0 bridgehead atoms. The van der Waals surface area contributed by atoms with Gasteiger partial charge >= 0.3 is 0 Å². The number of aromatic nitrogens is 1. The molecule has 1 N–H and O–H groups in total. The average molecular weight is 369 g/mol. The van der Waals surface area contributed by atoms with E-state index in [4.69, 9.17) is 0 Å². The number of carbonyl (C=O) groups is 1. The molecule has 0 radical (unpaired) electrons. The number of carbonyl (C=O) groups excluding carboxylic acids is 1. The van der Waals surface area contributed by atoms with Crippen molar-refractivity contribution in [1.29, 1.82) is 0 Å². The van der Waals surface area contributed by atoms with E-state index < -0.39 is 0 Å². The smallest absolute Gasteiger partial charge is 0.230 e. The van der Waals surface area contributed by atoms with E-state index >= 15 is 0 Å². The maximum Gasteiger partial charge on any atom is 0.230 e. The predicted octanol–water partition coefficient (Wildman–Crippen LogP) is 4.38. The number of fused-ring (bicyclic) bond motifs is 1. The fraction of sp³-hybridized carbons (Fsp3) is 0.200. The van der Waals surface area contributed by atoms with Gasteiger partial charge in [-0.05, 0) is 17.7 Å². The third kappa shape index (κ3) is 5.80. The van der Waals surface area contributed by atoms with Crippen molar-refractivity contribution in [3.8, 4) is 0 Å². The van der Waals surface area contributed by atoms with Crippen LogP contribution in [0.15, 0.2) is 71.8 Å². The molecule has 5 heteroatoms. The van der Waals surface area contributed by atoms with Gasteiger partial charge in [-0.1, -0.05) is 66.4 Å². The largest absolute Gasteiger partial charge is 0.355 e. The number of amides is 1. The number of pyridine rings is 1. The second kappa shape index (κ2) is 9.49. The standard InChI is InChI=1S/C20H20N2OS2/c23-19(21-12-13-24-14-16-6-2-1-3-7-16)15-25-20-11-10-17-8-4-5-9-18(17)22-20/h1-11H,12-15H2,(H,21,23). The maximum absolute atomic E-state index is 11.9. The Morgan fingerprint density at radius 1 is 0.960 bits per heavy atom. The molecular formula is C20H20N2OS2. The number of hydrogen-bond acceptors (Lipinski definition) is 4. The molecule has 0 saturated heterocycles. The second-order valence-corrected chi connectivity index (χ2v) is 7.62. The quantitative estimate of drug-likeness (QED) is 0.473. The third-order valence-electron chi connectivity index (χ3n) is 3.60. The highest BCUT2D eigenvalue weighted by Crippen LogP contribution is 2.19. The lowest BCUT2D eigenvalue weighted by Gasteiger charge is -2.06. The Balaban J connectivity index is 1.34. The molecule has 1 heterocycles. The highest BCUT2D eigenvalue weighted by molar-refractivity contribution is 7.99. The first-order chi connectivity index (χ1) is 12.3. The lowest BCUT2D eigenvalue weighted by Crippen LogP contribution is -2.27. The number of thioether (sulfide) groups is 2. The van der Waals surface area contributed by atoms with E-state index in [0.717, 1.165) is 27.4 Å². The highest BCUT2D eigenvalue weighted by atomic mass is 32.2. The van der Waals surface area contributed by atoms with Crippen LogP contribution < -0.4 is 5.32 Å². The topological polar surface area (TPSA) is 42.0 Å². The normalized spacial score (nSPS) is 10.7. The SMILES string of the molecule is O=C(CSc1ccc2ccccc2n1)NCCSCc1ccccc1. The molecule has 3 nitrogen and oxygen atoms in total. The first-order valence-corrected chi connectivity index (χ1v) is 10.3. The Morgan fingerprint density at radius 3 is 2.64 bits per heavy atom. The predicted molar refractivity (Wildman–Crippen MR) is 108 cm³/mol. The van der Waals surface area contributed by atoms with Gasteiger partial charge in [0.15, 0.2) is 0 Å². The van der Waals surface area contributed by atoms with Gasteiger partial charge in [0.1, 0.15) is 0 Å². The van der Waals surface area contributed by atoms with Crippen LogP contribution in [0.25, 0.3) is 10.9 Å². The molecule has 0 spiro atoms. The van der Waals surface area contributed by atoms with E-state index in [1.165, 1.54) is 17.3 Å². The van der Waals surface area contributed by atoms with Crippen molar-refractivity contribution in [3.05, 3.63) is 72.3 Å². The van der Waals surface area contributed by atoms with Crippen LogP contribution in [-0.4, -0.2) is 28.9 Å². The van der Waals surface area contributed by atoms with Gasteiger partial charge in [-0.2, -0.15) is 11.8 Å². The first-order valence-electron chi connectivity index (χ1n) is 8.18. The molecule has 0 aliphatic carbocycles. The summed E-state index contributed by atoms with van der Waals surface area (Å²) in [6.07, 6.45) is 0. The molecule has 1 amide bonds. The molecule has 0 unspecified atom stereocenters. The molecule has 1 aromatic heterocycles. The Morgan fingerprint density at radius 2 is 1.76 bits per heavy atom. The molecule has 0 aliphatic rings. The average Bonchev–Trinajstić information content (AvgIpc) is 2.67. The summed E-state index contributed by atoms with van der Waals surface area (Å²) in [7, 11) is 0. The van der Waals surface area contributed by atoms with E-state index in [1.54, 1.807) is 0 Å². The van der Waals surface area contributed by atoms with Crippen molar-refractivity contribution in [3.63, 3.8) is 0 Å². The Kier molecular flexibility index (Phi) is 6.77. The fourth-order valence-corrected chi connectivity index (χ4v) is 3.87. The van der Waals surface area contributed by atoms with E-state index in [-0.39, 0.29) is 5.91 Å². The van der Waals surface area contributed by atoms with E-state index in [0.29, 0.717) is 12.3 Å². The molecule has 25 heavy (non-hydrogen) atoms. The zero-order chi connectivity index (χ0) is 17.3. The minimum absolute atomic E-state index is 0.0558. The summed E-state index contributed by atoms with van der Waals surface area (Å²) in [5.41, 5.74) is 2.28. The number of nitrogens with zero attached hydrogens (tertiary/aromatic N) is 1. The first kappa shape index (κ1) is 17.8. The summed E-state index contributed by atoms with van der Waals surface area (Å²) in [5.74, 6) is 2.35. The van der Waals surface area contributed by atoms with E-state index in [2.05, 4.69) is 34.6 Å². The summed E-state index contributed by atoms with van der Waals surface area (Å²) in [6.45, 7) is 0.696. The monoisotopic (exact) mass is 368 g/mol. The van der Waals surface area contributed by atoms with Gasteiger partial charge in [0.25, 0.3) is 0 Å². The Bertz CT molecular complexity index is 824. The van der Waals surface area contributed by atoms with Gasteiger partial charge in [0, 0.05) is 23.4 Å². The Hall–Kier alpha value is -1.98. The molecule has 3 rings (SSSR count). The van der Waals surface area contributed by atoms with Gasteiger partial charge in [0.05, 0.1) is 16.3 Å². The van der Waals surface area contributed by atoms with Crippen LogP contribution in [0.4, 0.5) is 0 Å². The molecule has 0 aliphatic heterocycles. The number of nitrogens with one attached hydrogen (secondary N) is 1. The third-order valence-corrected chi connectivity index (χ3v) is 5.56. The molecule has 0 saturated carbocycles. The molecule has 0 fully saturated rings. The molecule has 2 aromatic carbocycles. The summed E-state index contributed by atoms with van der Waals surface area (Å²) >= 11 is 3.30. The summed E-state index contributed by atoms with van der Waals surface area (Å²) in [6, 6.07) is 22.4. The van der Waals surface area contributed by atoms with Crippen LogP contribution in [0.1, 0.15) is 5.56 Å². The summed E-state index contributed by atoms with van der Waals surface area (Å²) in [4.78, 5) is 16.5. The van der Waals surface area contributed by atoms with Crippen molar-refractivity contribution >= 4 is 40.3 Å². The summed E-state index contributed by atoms with van der Waals surface area (Å²) < 4.78 is 0. The Labute approximate surface area is 156 Å². The minimum atomic E-state index is 0.0558. The van der Waals surface area contributed by atoms with E-state index in [1.807, 2.05) is 54.2 Å². The lowest BCUT2D eigenvalue weighted by molar-refractivity contribution is -0.118. The fourth-order valence-electron chi connectivity index (χ4n) is 2.35. The van der Waals surface area contributed by atoms with Gasteiger partial charge in [-0.3, -0.25) is 4.79 Å². The second-order valence-electron chi connectivity index (χ2n) is 5.52. The van der Waals surface area contributed by atoms with Crippen molar-refractivity contribution in [1.82, 2.24) is 10.3 Å². The van der Waals surface area contributed by atoms with Crippen molar-refractivity contribution in [2.75, 3.05) is 18.1 Å². The number of para-hydroxylation sites is 1. The van der Waals surface area contributed by atoms with Crippen LogP contribution in [0, 0.1) is 0 Å². The minimum Gasteiger partial charge on any atom is -0.355 e. The maximum atomic E-state index is 11.9. The van der Waals surface area contributed by atoms with Crippen molar-refractivity contribution in [2.45, 2.75) is 10.8 Å². The van der Waals surface area contributed by atoms with Gasteiger partial charge in [0.2, 0.25) is 5.91 Å². The number of hydrogen-bond donors (Lipinski definition) is 1. The zero-order valence-corrected chi connectivity index (χ0v) is 15.5. The van der Waals surface area contributed by atoms with Gasteiger partial charge in [-0.25, -0.2) is 4.98 Å². The van der Waals surface area contributed by atoms with Gasteiger partial charge in [-0.15, -0.1) is 0 Å². The highest BCUT2D eigenvalue weighted by Gasteiger charge is 2.04. The van der Waals surface area contributed by atoms with E-state index in [9.17, 15) is 4.79 Å². The molecular weight excluding hydrogens is 348 g/mol. The van der Waals surface area contributed by atoms with Crippen LogP contribution in [0.2, 0.25) is 0 Å². The number of rotatable bonds is 8. The molecule has 128 valence electrons. The van der Waals surface area contributed by atoms with Crippen LogP contribution in [-0.2, 0) is 10.5 Å². The van der Waals surface area contributed by atoms with Crippen LogP contribution in [0.3, 0.4) is 0 Å². The molecule has 3 aromatic rings. The number of benzene rings is 2. The zero-order valence-electron chi connectivity index (χ0n) is 13.9. The lowest BCUT2D eigenvalue weighted by atomic mass is 10.2.